The van der Waals surface area contributed by atoms with Gasteiger partial charge >= 0.3 is 0 Å². The van der Waals surface area contributed by atoms with Crippen LogP contribution in [0.1, 0.15) is 31.7 Å². The van der Waals surface area contributed by atoms with Gasteiger partial charge in [-0.25, -0.2) is 4.39 Å². The topological polar surface area (TPSA) is 40.1 Å². The number of aliphatic imine (C=N–C) groups is 1. The van der Waals surface area contributed by atoms with E-state index in [0.29, 0.717) is 5.75 Å². The van der Waals surface area contributed by atoms with Gasteiger partial charge < -0.3 is 15.0 Å². The molecule has 1 N–H and O–H groups in total. The van der Waals surface area contributed by atoms with Crippen LogP contribution in [0.25, 0.3) is 0 Å². The number of hydrogen-bond donors (Lipinski definition) is 1. The molecule has 1 saturated carbocycles. The van der Waals surface area contributed by atoms with Crippen LogP contribution in [0.15, 0.2) is 23.2 Å². The molecule has 1 saturated heterocycles. The maximum absolute atomic E-state index is 13.9. The second kappa shape index (κ2) is 11.0. The fraction of sp³-hybridized carbons (Fsp3) is 0.650. The quantitative estimate of drug-likeness (QED) is 0.362. The third-order valence-corrected chi connectivity index (χ3v) is 5.12. The molecule has 0 atom stereocenters. The van der Waals surface area contributed by atoms with Crippen molar-refractivity contribution < 1.29 is 9.13 Å². The van der Waals surface area contributed by atoms with Crippen molar-refractivity contribution in [3.05, 3.63) is 29.6 Å². The number of ether oxygens (including phenoxy) is 1. The summed E-state index contributed by atoms with van der Waals surface area (Å²) in [6.07, 6.45) is 3.99. The Morgan fingerprint density at radius 2 is 2.00 bits per heavy atom. The third-order valence-electron chi connectivity index (χ3n) is 5.12. The highest BCUT2D eigenvalue weighted by atomic mass is 127. The van der Waals surface area contributed by atoms with Crippen LogP contribution < -0.4 is 10.1 Å². The Morgan fingerprint density at radius 1 is 1.26 bits per heavy atom. The summed E-state index contributed by atoms with van der Waals surface area (Å²) in [5.74, 6) is 1.98. The van der Waals surface area contributed by atoms with E-state index in [1.165, 1.54) is 26.4 Å². The fourth-order valence-corrected chi connectivity index (χ4v) is 3.37. The summed E-state index contributed by atoms with van der Waals surface area (Å²) in [5, 5.41) is 3.43. The molecule has 2 aliphatic rings. The lowest BCUT2D eigenvalue weighted by molar-refractivity contribution is 0.172. The minimum atomic E-state index is -0.291. The van der Waals surface area contributed by atoms with Crippen LogP contribution in [0, 0.1) is 11.7 Å². The first-order chi connectivity index (χ1) is 12.7. The van der Waals surface area contributed by atoms with E-state index in [1.807, 2.05) is 6.07 Å². The lowest BCUT2D eigenvalue weighted by Crippen LogP contribution is -2.52. The molecule has 0 spiro atoms. The van der Waals surface area contributed by atoms with Crippen molar-refractivity contribution in [2.45, 2.75) is 32.7 Å². The van der Waals surface area contributed by atoms with Gasteiger partial charge in [-0.1, -0.05) is 18.9 Å². The Labute approximate surface area is 179 Å². The Balaban J connectivity index is 0.00000261. The Morgan fingerprint density at radius 3 is 2.59 bits per heavy atom. The summed E-state index contributed by atoms with van der Waals surface area (Å²) in [7, 11) is 1.49. The number of piperazine rings is 1. The molecular weight excluding hydrogens is 458 g/mol. The highest BCUT2D eigenvalue weighted by molar-refractivity contribution is 14.0. The predicted octanol–water partition coefficient (Wildman–Crippen LogP) is 3.34. The molecule has 3 rings (SSSR count). The molecule has 1 aromatic rings. The molecular formula is C20H32FIN4O. The van der Waals surface area contributed by atoms with Crippen molar-refractivity contribution in [2.75, 3.05) is 46.4 Å². The van der Waals surface area contributed by atoms with Gasteiger partial charge in [0, 0.05) is 45.8 Å². The number of nitrogens with zero attached hydrogens (tertiary/aromatic N) is 3. The van der Waals surface area contributed by atoms with Crippen molar-refractivity contribution in [3.8, 4) is 5.75 Å². The van der Waals surface area contributed by atoms with Crippen LogP contribution >= 0.6 is 24.0 Å². The van der Waals surface area contributed by atoms with E-state index in [-0.39, 0.29) is 29.8 Å². The fourth-order valence-electron chi connectivity index (χ4n) is 3.37. The van der Waals surface area contributed by atoms with Crippen molar-refractivity contribution in [3.63, 3.8) is 0 Å². The molecule has 1 heterocycles. The molecule has 0 bridgehead atoms. The van der Waals surface area contributed by atoms with Gasteiger partial charge in [-0.2, -0.15) is 0 Å². The number of halogens is 2. The first-order valence-electron chi connectivity index (χ1n) is 9.77. The lowest BCUT2D eigenvalue weighted by atomic mass is 10.2. The number of methoxy groups -OCH3 is 1. The summed E-state index contributed by atoms with van der Waals surface area (Å²) in [6, 6.07) is 5.23. The highest BCUT2D eigenvalue weighted by Gasteiger charge is 2.22. The Bertz CT molecular complexity index is 616. The third kappa shape index (κ3) is 6.78. The van der Waals surface area contributed by atoms with Gasteiger partial charge in [0.2, 0.25) is 0 Å². The predicted molar refractivity (Wildman–Crippen MR) is 119 cm³/mol. The summed E-state index contributed by atoms with van der Waals surface area (Å²) >= 11 is 0. The monoisotopic (exact) mass is 490 g/mol. The van der Waals surface area contributed by atoms with Crippen LogP contribution in [0.3, 0.4) is 0 Å². The summed E-state index contributed by atoms with van der Waals surface area (Å²) in [5.41, 5.74) is 0.988. The maximum atomic E-state index is 13.9. The van der Waals surface area contributed by atoms with Crippen molar-refractivity contribution in [1.82, 2.24) is 15.1 Å². The zero-order chi connectivity index (χ0) is 18.4. The molecule has 0 aromatic heterocycles. The number of hydrogen-bond acceptors (Lipinski definition) is 3. The van der Waals surface area contributed by atoms with Gasteiger partial charge in [0.1, 0.15) is 0 Å². The molecule has 1 aliphatic carbocycles. The molecule has 2 fully saturated rings. The van der Waals surface area contributed by atoms with Gasteiger partial charge in [-0.15, -0.1) is 24.0 Å². The summed E-state index contributed by atoms with van der Waals surface area (Å²) in [6.45, 7) is 8.53. The highest BCUT2D eigenvalue weighted by Crippen LogP contribution is 2.32. The van der Waals surface area contributed by atoms with Gasteiger partial charge in [0.25, 0.3) is 0 Å². The van der Waals surface area contributed by atoms with Crippen LogP contribution in [-0.4, -0.2) is 62.1 Å². The first kappa shape index (κ1) is 22.2. The number of rotatable bonds is 7. The van der Waals surface area contributed by atoms with E-state index in [0.717, 1.165) is 63.3 Å². The summed E-state index contributed by atoms with van der Waals surface area (Å²) < 4.78 is 18.8. The van der Waals surface area contributed by atoms with E-state index >= 15 is 0 Å². The zero-order valence-electron chi connectivity index (χ0n) is 16.4. The van der Waals surface area contributed by atoms with Crippen molar-refractivity contribution in [2.24, 2.45) is 10.9 Å². The van der Waals surface area contributed by atoms with Gasteiger partial charge in [-0.05, 0) is 37.0 Å². The zero-order valence-corrected chi connectivity index (χ0v) is 18.7. The van der Waals surface area contributed by atoms with E-state index in [2.05, 4.69) is 22.0 Å². The average molecular weight is 490 g/mol. The smallest absolute Gasteiger partial charge is 0.194 e. The lowest BCUT2D eigenvalue weighted by Gasteiger charge is -2.36. The van der Waals surface area contributed by atoms with Crippen LogP contribution in [0.2, 0.25) is 0 Å². The van der Waals surface area contributed by atoms with E-state index < -0.39 is 0 Å². The van der Waals surface area contributed by atoms with Crippen molar-refractivity contribution >= 4 is 29.9 Å². The number of nitrogens with one attached hydrogen (secondary N) is 1. The van der Waals surface area contributed by atoms with Gasteiger partial charge in [0.15, 0.2) is 17.5 Å². The first-order valence-corrected chi connectivity index (χ1v) is 9.77. The second-order valence-corrected chi connectivity index (χ2v) is 7.20. The molecule has 0 radical (unpaired) electrons. The molecule has 0 amide bonds. The normalized spacial score (nSPS) is 18.2. The molecule has 152 valence electrons. The van der Waals surface area contributed by atoms with Gasteiger partial charge in [0.05, 0.1) is 7.11 Å². The maximum Gasteiger partial charge on any atom is 0.194 e. The average Bonchev–Trinajstić information content (AvgIpc) is 3.46. The second-order valence-electron chi connectivity index (χ2n) is 7.20. The number of benzene rings is 1. The molecule has 27 heavy (non-hydrogen) atoms. The van der Waals surface area contributed by atoms with Crippen LogP contribution in [0.4, 0.5) is 4.39 Å². The largest absolute Gasteiger partial charge is 0.494 e. The standard InChI is InChI=1S/C20H31FN4O.HI/c1-3-22-20(23-9-8-16-4-5-16)25-12-10-24(11-13-25)15-17-6-7-19(26-2)18(21)14-17;/h6-7,14,16H,3-5,8-13,15H2,1-2H3,(H,22,23);1H. The molecule has 1 aliphatic heterocycles. The molecule has 7 heteroatoms. The molecule has 5 nitrogen and oxygen atoms in total. The minimum absolute atomic E-state index is 0. The van der Waals surface area contributed by atoms with E-state index in [1.54, 1.807) is 12.1 Å². The Kier molecular flexibility index (Phi) is 9.08. The summed E-state index contributed by atoms with van der Waals surface area (Å²) in [4.78, 5) is 9.52. The Hall–Kier alpha value is -1.09. The van der Waals surface area contributed by atoms with Crippen LogP contribution in [0.5, 0.6) is 5.75 Å². The van der Waals surface area contributed by atoms with E-state index in [4.69, 9.17) is 9.73 Å². The minimum Gasteiger partial charge on any atom is -0.494 e. The number of guanidine groups is 1. The molecule has 1 aromatic carbocycles. The SMILES string of the molecule is CCNC(=NCCC1CC1)N1CCN(Cc2ccc(OC)c(F)c2)CC1.I. The van der Waals surface area contributed by atoms with Crippen molar-refractivity contribution in [1.29, 1.82) is 0 Å². The van der Waals surface area contributed by atoms with E-state index in [9.17, 15) is 4.39 Å². The van der Waals surface area contributed by atoms with Gasteiger partial charge in [-0.3, -0.25) is 9.89 Å². The molecule has 0 unspecified atom stereocenters. The van der Waals surface area contributed by atoms with Crippen LogP contribution in [-0.2, 0) is 6.54 Å².